The summed E-state index contributed by atoms with van der Waals surface area (Å²) in [7, 11) is 0. The highest BCUT2D eigenvalue weighted by atomic mass is 16.5. The predicted molar refractivity (Wildman–Crippen MR) is 132 cm³/mol. The third kappa shape index (κ3) is 7.83. The average molecular weight is 423 g/mol. The molecule has 0 heterocycles. The van der Waals surface area contributed by atoms with Crippen LogP contribution in [0.4, 0.5) is 0 Å². The van der Waals surface area contributed by atoms with Crippen LogP contribution in [0.5, 0.6) is 0 Å². The molecular weight excluding hydrogens is 380 g/mol. The Balaban J connectivity index is 1.91. The van der Waals surface area contributed by atoms with E-state index in [0.29, 0.717) is 17.9 Å². The highest BCUT2D eigenvalue weighted by Gasteiger charge is 2.40. The molecule has 170 valence electrons. The van der Waals surface area contributed by atoms with E-state index in [-0.39, 0.29) is 17.5 Å². The SMILES string of the molecule is C=C(CC/C=C(/C)CCC=C(C)C)C(=O)O[C@H]1CCCC[C@@H]1C(C)(C)c1ccccc1. The van der Waals surface area contributed by atoms with E-state index in [1.165, 1.54) is 23.1 Å². The first-order valence-corrected chi connectivity index (χ1v) is 11.9. The van der Waals surface area contributed by atoms with E-state index in [9.17, 15) is 4.79 Å². The van der Waals surface area contributed by atoms with Crippen molar-refractivity contribution in [3.05, 3.63) is 71.3 Å². The number of esters is 1. The fourth-order valence-electron chi connectivity index (χ4n) is 4.65. The second kappa shape index (κ2) is 12.1. The molecule has 1 saturated carbocycles. The molecule has 2 nitrogen and oxygen atoms in total. The quantitative estimate of drug-likeness (QED) is 0.216. The number of hydrogen-bond donors (Lipinski definition) is 0. The minimum Gasteiger partial charge on any atom is -0.459 e. The van der Waals surface area contributed by atoms with Gasteiger partial charge in [-0.25, -0.2) is 4.79 Å². The smallest absolute Gasteiger partial charge is 0.333 e. The summed E-state index contributed by atoms with van der Waals surface area (Å²) in [4.78, 5) is 12.8. The fraction of sp³-hybridized carbons (Fsp3) is 0.552. The zero-order valence-electron chi connectivity index (χ0n) is 20.4. The van der Waals surface area contributed by atoms with Gasteiger partial charge in [0.2, 0.25) is 0 Å². The molecule has 0 N–H and O–H groups in total. The summed E-state index contributed by atoms with van der Waals surface area (Å²) >= 11 is 0. The number of ether oxygens (including phenoxy) is 1. The molecular formula is C29H42O2. The van der Waals surface area contributed by atoms with Crippen LogP contribution in [0.15, 0.2) is 65.8 Å². The minimum atomic E-state index is -0.212. The van der Waals surface area contributed by atoms with Crippen molar-refractivity contribution in [1.82, 2.24) is 0 Å². The van der Waals surface area contributed by atoms with E-state index in [4.69, 9.17) is 4.74 Å². The predicted octanol–water partition coefficient (Wildman–Crippen LogP) is 8.10. The Kier molecular flexibility index (Phi) is 9.81. The van der Waals surface area contributed by atoms with Gasteiger partial charge < -0.3 is 4.74 Å². The molecule has 0 bridgehead atoms. The molecule has 0 amide bonds. The Morgan fingerprint density at radius 2 is 1.68 bits per heavy atom. The normalized spacial score (nSPS) is 19.6. The topological polar surface area (TPSA) is 26.3 Å². The van der Waals surface area contributed by atoms with Crippen molar-refractivity contribution in [2.24, 2.45) is 5.92 Å². The van der Waals surface area contributed by atoms with Gasteiger partial charge >= 0.3 is 5.97 Å². The van der Waals surface area contributed by atoms with Crippen molar-refractivity contribution in [3.8, 4) is 0 Å². The van der Waals surface area contributed by atoms with Crippen LogP contribution in [0.2, 0.25) is 0 Å². The first-order chi connectivity index (χ1) is 14.7. The van der Waals surface area contributed by atoms with Gasteiger partial charge in [-0.05, 0) is 76.7 Å². The molecule has 0 aromatic heterocycles. The number of carbonyl (C=O) groups is 1. The maximum Gasteiger partial charge on any atom is 0.333 e. The van der Waals surface area contributed by atoms with Crippen molar-refractivity contribution in [1.29, 1.82) is 0 Å². The van der Waals surface area contributed by atoms with Crippen LogP contribution in [-0.4, -0.2) is 12.1 Å². The third-order valence-electron chi connectivity index (χ3n) is 6.72. The lowest BCUT2D eigenvalue weighted by Gasteiger charge is -2.42. The van der Waals surface area contributed by atoms with Gasteiger partial charge in [0.15, 0.2) is 0 Å². The Labute approximate surface area is 190 Å². The van der Waals surface area contributed by atoms with E-state index in [2.05, 4.69) is 83.7 Å². The van der Waals surface area contributed by atoms with E-state index in [1.807, 2.05) is 0 Å². The number of carbonyl (C=O) groups excluding carboxylic acids is 1. The molecule has 0 saturated heterocycles. The average Bonchev–Trinajstić information content (AvgIpc) is 2.74. The number of allylic oxidation sites excluding steroid dienone is 4. The summed E-state index contributed by atoms with van der Waals surface area (Å²) < 4.78 is 6.06. The molecule has 0 radical (unpaired) electrons. The second-order valence-corrected chi connectivity index (χ2v) is 9.94. The molecule has 1 aliphatic carbocycles. The summed E-state index contributed by atoms with van der Waals surface area (Å²) in [6.07, 6.45) is 12.5. The van der Waals surface area contributed by atoms with E-state index in [0.717, 1.165) is 38.5 Å². The molecule has 0 unspecified atom stereocenters. The van der Waals surface area contributed by atoms with Gasteiger partial charge in [-0.15, -0.1) is 0 Å². The maximum atomic E-state index is 12.8. The molecule has 1 fully saturated rings. The van der Waals surface area contributed by atoms with Crippen molar-refractivity contribution >= 4 is 5.97 Å². The van der Waals surface area contributed by atoms with Crippen molar-refractivity contribution in [3.63, 3.8) is 0 Å². The van der Waals surface area contributed by atoms with Gasteiger partial charge in [0.1, 0.15) is 6.10 Å². The van der Waals surface area contributed by atoms with Crippen LogP contribution < -0.4 is 0 Å². The maximum absolute atomic E-state index is 12.8. The van der Waals surface area contributed by atoms with Gasteiger partial charge in [0.25, 0.3) is 0 Å². The van der Waals surface area contributed by atoms with Crippen LogP contribution in [0.1, 0.15) is 91.5 Å². The molecule has 31 heavy (non-hydrogen) atoms. The Bertz CT molecular complexity index is 778. The van der Waals surface area contributed by atoms with Crippen molar-refractivity contribution < 1.29 is 9.53 Å². The first kappa shape index (κ1) is 25.2. The highest BCUT2D eigenvalue weighted by molar-refractivity contribution is 5.87. The zero-order chi connectivity index (χ0) is 22.9. The van der Waals surface area contributed by atoms with Crippen LogP contribution >= 0.6 is 0 Å². The van der Waals surface area contributed by atoms with E-state index >= 15 is 0 Å². The molecule has 0 spiro atoms. The summed E-state index contributed by atoms with van der Waals surface area (Å²) in [6, 6.07) is 10.6. The zero-order valence-corrected chi connectivity index (χ0v) is 20.4. The molecule has 1 aliphatic rings. The Morgan fingerprint density at radius 3 is 2.35 bits per heavy atom. The van der Waals surface area contributed by atoms with Crippen molar-refractivity contribution in [2.75, 3.05) is 0 Å². The number of hydrogen-bond acceptors (Lipinski definition) is 2. The number of rotatable bonds is 10. The Morgan fingerprint density at radius 1 is 1.03 bits per heavy atom. The molecule has 1 aromatic carbocycles. The lowest BCUT2D eigenvalue weighted by Crippen LogP contribution is -2.42. The van der Waals surface area contributed by atoms with Crippen LogP contribution in [0.3, 0.4) is 0 Å². The Hall–Kier alpha value is -2.09. The summed E-state index contributed by atoms with van der Waals surface area (Å²) in [6.45, 7) is 15.0. The minimum absolute atomic E-state index is 0.0287. The van der Waals surface area contributed by atoms with Gasteiger partial charge in [-0.3, -0.25) is 0 Å². The fourth-order valence-corrected chi connectivity index (χ4v) is 4.65. The molecule has 2 rings (SSSR count). The van der Waals surface area contributed by atoms with Crippen LogP contribution in [0, 0.1) is 5.92 Å². The summed E-state index contributed by atoms with van der Waals surface area (Å²) in [5, 5.41) is 0. The molecule has 0 aliphatic heterocycles. The first-order valence-electron chi connectivity index (χ1n) is 11.9. The lowest BCUT2D eigenvalue weighted by molar-refractivity contribution is -0.150. The largest absolute Gasteiger partial charge is 0.459 e. The van der Waals surface area contributed by atoms with Gasteiger partial charge in [0.05, 0.1) is 0 Å². The summed E-state index contributed by atoms with van der Waals surface area (Å²) in [5.74, 6) is 0.119. The third-order valence-corrected chi connectivity index (χ3v) is 6.72. The summed E-state index contributed by atoms with van der Waals surface area (Å²) in [5.41, 5.74) is 4.61. The highest BCUT2D eigenvalue weighted by Crippen LogP contribution is 2.42. The second-order valence-electron chi connectivity index (χ2n) is 9.94. The monoisotopic (exact) mass is 422 g/mol. The van der Waals surface area contributed by atoms with E-state index in [1.54, 1.807) is 0 Å². The molecule has 1 aromatic rings. The van der Waals surface area contributed by atoms with Crippen molar-refractivity contribution in [2.45, 2.75) is 97.5 Å². The van der Waals surface area contributed by atoms with Gasteiger partial charge in [-0.2, -0.15) is 0 Å². The molecule has 2 atom stereocenters. The van der Waals surface area contributed by atoms with Gasteiger partial charge in [-0.1, -0.05) is 80.5 Å². The number of benzene rings is 1. The van der Waals surface area contributed by atoms with Crippen LogP contribution in [0.25, 0.3) is 0 Å². The van der Waals surface area contributed by atoms with E-state index < -0.39 is 0 Å². The van der Waals surface area contributed by atoms with Crippen LogP contribution in [-0.2, 0) is 14.9 Å². The van der Waals surface area contributed by atoms with Gasteiger partial charge in [0, 0.05) is 11.5 Å². The standard InChI is InChI=1S/C29H42O2/c1-22(2)14-12-15-23(3)16-13-17-24(4)28(30)31-27-21-11-10-20-26(27)29(5,6)25-18-8-7-9-19-25/h7-9,14,16,18-19,26-27H,4,10-13,15,17,20-21H2,1-3,5-6H3/b23-16-/t26-,27-/m0/s1. The molecule has 2 heteroatoms. The lowest BCUT2D eigenvalue weighted by atomic mass is 9.66.